The maximum Gasteiger partial charge on any atom is 0.243 e. The van der Waals surface area contributed by atoms with Crippen LogP contribution in [-0.2, 0) is 4.79 Å². The SMILES string of the molecule is Cl.O=C(Nc1nc(-c2cccc(F)c2)cs1)C1CC(O)CN1. The quantitative estimate of drug-likeness (QED) is 0.797. The Kier molecular flexibility index (Phi) is 5.47. The molecule has 1 fully saturated rings. The Morgan fingerprint density at radius 3 is 3.00 bits per heavy atom. The van der Waals surface area contributed by atoms with Crippen molar-refractivity contribution in [3.05, 3.63) is 35.5 Å². The Balaban J connectivity index is 0.00000176. The van der Waals surface area contributed by atoms with Gasteiger partial charge in [0, 0.05) is 17.5 Å². The second kappa shape index (κ2) is 7.15. The number of halogens is 2. The van der Waals surface area contributed by atoms with Crippen molar-refractivity contribution in [1.29, 1.82) is 0 Å². The van der Waals surface area contributed by atoms with Gasteiger partial charge in [0.25, 0.3) is 0 Å². The van der Waals surface area contributed by atoms with E-state index in [9.17, 15) is 14.3 Å². The van der Waals surface area contributed by atoms with Gasteiger partial charge in [-0.3, -0.25) is 4.79 Å². The molecule has 1 aliphatic rings. The first-order valence-electron chi connectivity index (χ1n) is 6.55. The summed E-state index contributed by atoms with van der Waals surface area (Å²) in [6.45, 7) is 0.421. The van der Waals surface area contributed by atoms with Crippen molar-refractivity contribution in [2.24, 2.45) is 0 Å². The van der Waals surface area contributed by atoms with E-state index in [1.807, 2.05) is 0 Å². The molecule has 1 aromatic heterocycles. The van der Waals surface area contributed by atoms with Crippen molar-refractivity contribution in [2.75, 3.05) is 11.9 Å². The largest absolute Gasteiger partial charge is 0.392 e. The molecule has 0 aliphatic carbocycles. The third-order valence-electron chi connectivity index (χ3n) is 3.28. The number of aliphatic hydroxyl groups excluding tert-OH is 1. The third kappa shape index (κ3) is 3.80. The van der Waals surface area contributed by atoms with Crippen LogP contribution in [0.2, 0.25) is 0 Å². The number of amides is 1. The van der Waals surface area contributed by atoms with Gasteiger partial charge in [-0.2, -0.15) is 0 Å². The molecule has 0 bridgehead atoms. The molecule has 0 radical (unpaired) electrons. The van der Waals surface area contributed by atoms with Crippen LogP contribution in [0.25, 0.3) is 11.3 Å². The van der Waals surface area contributed by atoms with E-state index in [0.717, 1.165) is 0 Å². The van der Waals surface area contributed by atoms with E-state index >= 15 is 0 Å². The van der Waals surface area contributed by atoms with E-state index < -0.39 is 12.1 Å². The summed E-state index contributed by atoms with van der Waals surface area (Å²) < 4.78 is 13.2. The number of anilines is 1. The minimum Gasteiger partial charge on any atom is -0.392 e. The zero-order valence-electron chi connectivity index (χ0n) is 11.5. The summed E-state index contributed by atoms with van der Waals surface area (Å²) in [5.74, 6) is -0.540. The van der Waals surface area contributed by atoms with Crippen LogP contribution < -0.4 is 10.6 Å². The monoisotopic (exact) mass is 343 g/mol. The molecule has 22 heavy (non-hydrogen) atoms. The van der Waals surface area contributed by atoms with Crippen LogP contribution in [0.1, 0.15) is 6.42 Å². The maximum absolute atomic E-state index is 13.2. The summed E-state index contributed by atoms with van der Waals surface area (Å²) in [5.41, 5.74) is 1.29. The van der Waals surface area contributed by atoms with Gasteiger partial charge in [0.2, 0.25) is 5.91 Å². The number of aromatic nitrogens is 1. The third-order valence-corrected chi connectivity index (χ3v) is 4.04. The van der Waals surface area contributed by atoms with Gasteiger partial charge >= 0.3 is 0 Å². The molecule has 3 N–H and O–H groups in total. The molecule has 1 aromatic carbocycles. The fourth-order valence-electron chi connectivity index (χ4n) is 2.22. The van der Waals surface area contributed by atoms with Crippen LogP contribution in [0.4, 0.5) is 9.52 Å². The smallest absolute Gasteiger partial charge is 0.243 e. The van der Waals surface area contributed by atoms with Gasteiger partial charge in [-0.1, -0.05) is 12.1 Å². The van der Waals surface area contributed by atoms with Gasteiger partial charge in [0.05, 0.1) is 17.8 Å². The Morgan fingerprint density at radius 1 is 1.50 bits per heavy atom. The molecule has 2 atom stereocenters. The fraction of sp³-hybridized carbons (Fsp3) is 0.286. The minimum absolute atomic E-state index is 0. The van der Waals surface area contributed by atoms with Crippen LogP contribution >= 0.6 is 23.7 Å². The molecule has 5 nitrogen and oxygen atoms in total. The number of hydrogen-bond donors (Lipinski definition) is 3. The zero-order valence-corrected chi connectivity index (χ0v) is 13.1. The highest BCUT2D eigenvalue weighted by Crippen LogP contribution is 2.25. The first-order valence-corrected chi connectivity index (χ1v) is 7.43. The molecule has 1 amide bonds. The highest BCUT2D eigenvalue weighted by Gasteiger charge is 2.28. The summed E-state index contributed by atoms with van der Waals surface area (Å²) >= 11 is 1.28. The number of nitrogens with zero attached hydrogens (tertiary/aromatic N) is 1. The summed E-state index contributed by atoms with van der Waals surface area (Å²) in [5, 5.41) is 17.3. The fourth-order valence-corrected chi connectivity index (χ4v) is 2.94. The molecule has 2 heterocycles. The molecule has 0 saturated carbocycles. The topological polar surface area (TPSA) is 74.2 Å². The molecule has 1 saturated heterocycles. The average molecular weight is 344 g/mol. The molecular formula is C14H15ClFN3O2S. The molecule has 2 unspecified atom stereocenters. The maximum atomic E-state index is 13.2. The van der Waals surface area contributed by atoms with E-state index in [2.05, 4.69) is 15.6 Å². The van der Waals surface area contributed by atoms with Gasteiger partial charge in [0.1, 0.15) is 5.82 Å². The van der Waals surface area contributed by atoms with Crippen molar-refractivity contribution in [3.63, 3.8) is 0 Å². The number of benzene rings is 1. The number of carbonyl (C=O) groups excluding carboxylic acids is 1. The minimum atomic E-state index is -0.486. The summed E-state index contributed by atoms with van der Waals surface area (Å²) in [6, 6.07) is 5.75. The van der Waals surface area contributed by atoms with Crippen LogP contribution in [0.5, 0.6) is 0 Å². The zero-order chi connectivity index (χ0) is 14.8. The van der Waals surface area contributed by atoms with Crippen LogP contribution in [0.15, 0.2) is 29.6 Å². The van der Waals surface area contributed by atoms with E-state index in [0.29, 0.717) is 29.4 Å². The normalized spacial score (nSPS) is 20.5. The van der Waals surface area contributed by atoms with Crippen molar-refractivity contribution >= 4 is 34.8 Å². The highest BCUT2D eigenvalue weighted by molar-refractivity contribution is 7.14. The summed E-state index contributed by atoms with van der Waals surface area (Å²) in [4.78, 5) is 16.3. The van der Waals surface area contributed by atoms with Gasteiger partial charge in [-0.05, 0) is 18.6 Å². The highest BCUT2D eigenvalue weighted by atomic mass is 35.5. The second-order valence-electron chi connectivity index (χ2n) is 4.89. The number of β-amino-alcohol motifs (C(OH)–C–C–N with tert-alkyl or cyclic N) is 1. The number of nitrogens with one attached hydrogen (secondary N) is 2. The number of aliphatic hydroxyl groups is 1. The second-order valence-corrected chi connectivity index (χ2v) is 5.75. The first kappa shape index (κ1) is 16.8. The van der Waals surface area contributed by atoms with Crippen LogP contribution in [-0.4, -0.2) is 34.7 Å². The Hall–Kier alpha value is -1.54. The van der Waals surface area contributed by atoms with E-state index in [1.165, 1.54) is 23.5 Å². The molecular weight excluding hydrogens is 329 g/mol. The van der Waals surface area contributed by atoms with Crippen LogP contribution in [0.3, 0.4) is 0 Å². The average Bonchev–Trinajstić information content (AvgIpc) is 3.08. The van der Waals surface area contributed by atoms with Gasteiger partial charge in [-0.15, -0.1) is 23.7 Å². The van der Waals surface area contributed by atoms with Crippen molar-refractivity contribution in [2.45, 2.75) is 18.6 Å². The number of rotatable bonds is 3. The van der Waals surface area contributed by atoms with Crippen molar-refractivity contribution < 1.29 is 14.3 Å². The molecule has 8 heteroatoms. The first-order chi connectivity index (χ1) is 10.1. The molecule has 1 aliphatic heterocycles. The lowest BCUT2D eigenvalue weighted by Crippen LogP contribution is -2.35. The van der Waals surface area contributed by atoms with Crippen molar-refractivity contribution in [3.8, 4) is 11.3 Å². The number of hydrogen-bond acceptors (Lipinski definition) is 5. The van der Waals surface area contributed by atoms with Crippen molar-refractivity contribution in [1.82, 2.24) is 10.3 Å². The standard InChI is InChI=1S/C14H14FN3O2S.ClH/c15-9-3-1-2-8(4-9)12-7-21-14(17-12)18-13(20)11-5-10(19)6-16-11;/h1-4,7,10-11,16,19H,5-6H2,(H,17,18,20);1H. The summed E-state index contributed by atoms with van der Waals surface area (Å²) in [7, 11) is 0. The Morgan fingerprint density at radius 2 is 2.32 bits per heavy atom. The van der Waals surface area contributed by atoms with Gasteiger partial charge in [-0.25, -0.2) is 9.37 Å². The van der Waals surface area contributed by atoms with E-state index in [1.54, 1.807) is 17.5 Å². The lowest BCUT2D eigenvalue weighted by molar-refractivity contribution is -0.117. The molecule has 2 aromatic rings. The molecule has 118 valence electrons. The van der Waals surface area contributed by atoms with Crippen LogP contribution in [0, 0.1) is 5.82 Å². The Labute approximate surface area is 137 Å². The molecule has 3 rings (SSSR count). The molecule has 0 spiro atoms. The number of thiazole rings is 1. The predicted molar refractivity (Wildman–Crippen MR) is 85.8 cm³/mol. The lowest BCUT2D eigenvalue weighted by Gasteiger charge is -2.08. The Bertz CT molecular complexity index is 667. The van der Waals surface area contributed by atoms with Gasteiger partial charge in [0.15, 0.2) is 5.13 Å². The lowest BCUT2D eigenvalue weighted by atomic mass is 10.2. The van der Waals surface area contributed by atoms with E-state index in [-0.39, 0.29) is 24.1 Å². The summed E-state index contributed by atoms with van der Waals surface area (Å²) in [6.07, 6.45) is -0.0894. The number of carbonyl (C=O) groups is 1. The predicted octanol–water partition coefficient (Wildman–Crippen LogP) is 2.03. The van der Waals surface area contributed by atoms with E-state index in [4.69, 9.17) is 0 Å². The van der Waals surface area contributed by atoms with Gasteiger partial charge < -0.3 is 15.7 Å².